The second-order valence-corrected chi connectivity index (χ2v) is 8.57. The highest BCUT2D eigenvalue weighted by Gasteiger charge is 2.27. The van der Waals surface area contributed by atoms with E-state index in [4.69, 9.17) is 9.97 Å². The van der Waals surface area contributed by atoms with Crippen LogP contribution >= 0.6 is 0 Å². The molecule has 8 heteroatoms. The summed E-state index contributed by atoms with van der Waals surface area (Å²) in [4.78, 5) is 37.4. The average Bonchev–Trinajstić information content (AvgIpc) is 2.85. The lowest BCUT2D eigenvalue weighted by atomic mass is 10.0. The van der Waals surface area contributed by atoms with Crippen LogP contribution in [0.3, 0.4) is 0 Å². The van der Waals surface area contributed by atoms with E-state index >= 15 is 0 Å². The molecule has 0 bridgehead atoms. The van der Waals surface area contributed by atoms with Crippen LogP contribution in [-0.4, -0.2) is 51.9 Å². The molecule has 1 aromatic heterocycles. The van der Waals surface area contributed by atoms with Crippen LogP contribution in [0.1, 0.15) is 45.5 Å². The lowest BCUT2D eigenvalue weighted by Crippen LogP contribution is -2.49. The number of anilines is 1. The summed E-state index contributed by atoms with van der Waals surface area (Å²) in [6.07, 6.45) is 1.58. The molecule has 8 nitrogen and oxygen atoms in total. The molecule has 3 aromatic rings. The van der Waals surface area contributed by atoms with Crippen LogP contribution < -0.4 is 4.90 Å². The zero-order chi connectivity index (χ0) is 24.2. The standard InChI is InChI=1S/C26H29N5O3/c1-4-23-22(16-20-8-6-5-7-9-20)25(28-19(3)27-23)29-12-14-30(15-13-29)26(32)21-11-10-18(2)24(17-21)31(33)34/h5-11,17H,4,12-16H2,1-3H3. The lowest BCUT2D eigenvalue weighted by Gasteiger charge is -2.36. The van der Waals surface area contributed by atoms with Crippen molar-refractivity contribution in [3.8, 4) is 0 Å². The van der Waals surface area contributed by atoms with Crippen LogP contribution in [0.15, 0.2) is 48.5 Å². The van der Waals surface area contributed by atoms with E-state index in [1.165, 1.54) is 11.6 Å². The van der Waals surface area contributed by atoms with Crippen molar-refractivity contribution in [2.75, 3.05) is 31.1 Å². The Kier molecular flexibility index (Phi) is 6.86. The molecular weight excluding hydrogens is 430 g/mol. The Morgan fingerprint density at radius 1 is 1.03 bits per heavy atom. The number of piperazine rings is 1. The molecule has 0 radical (unpaired) electrons. The van der Waals surface area contributed by atoms with Crippen molar-refractivity contribution in [3.63, 3.8) is 0 Å². The zero-order valence-corrected chi connectivity index (χ0v) is 19.8. The maximum Gasteiger partial charge on any atom is 0.273 e. The molecule has 0 unspecified atom stereocenters. The van der Waals surface area contributed by atoms with Gasteiger partial charge in [-0.15, -0.1) is 0 Å². The van der Waals surface area contributed by atoms with Crippen molar-refractivity contribution in [2.24, 2.45) is 0 Å². The summed E-state index contributed by atoms with van der Waals surface area (Å²) in [5.74, 6) is 1.50. The second kappa shape index (κ2) is 9.99. The molecule has 4 rings (SSSR count). The van der Waals surface area contributed by atoms with Gasteiger partial charge < -0.3 is 9.80 Å². The normalized spacial score (nSPS) is 13.7. The fraction of sp³-hybridized carbons (Fsp3) is 0.346. The van der Waals surface area contributed by atoms with Gasteiger partial charge in [0.05, 0.1) is 4.92 Å². The van der Waals surface area contributed by atoms with E-state index in [2.05, 4.69) is 24.0 Å². The van der Waals surface area contributed by atoms with Gasteiger partial charge in [0.2, 0.25) is 0 Å². The van der Waals surface area contributed by atoms with E-state index in [0.717, 1.165) is 35.7 Å². The Morgan fingerprint density at radius 2 is 1.74 bits per heavy atom. The Hall–Kier alpha value is -3.81. The maximum absolute atomic E-state index is 13.1. The fourth-order valence-electron chi connectivity index (χ4n) is 4.42. The van der Waals surface area contributed by atoms with Gasteiger partial charge in [-0.05, 0) is 31.9 Å². The largest absolute Gasteiger partial charge is 0.353 e. The van der Waals surface area contributed by atoms with E-state index in [9.17, 15) is 14.9 Å². The number of carbonyl (C=O) groups excluding carboxylic acids is 1. The predicted molar refractivity (Wildman–Crippen MR) is 131 cm³/mol. The van der Waals surface area contributed by atoms with E-state index < -0.39 is 4.92 Å². The Bertz CT molecular complexity index is 1200. The van der Waals surface area contributed by atoms with E-state index in [0.29, 0.717) is 37.3 Å². The van der Waals surface area contributed by atoms with Gasteiger partial charge in [0.1, 0.15) is 11.6 Å². The molecule has 176 valence electrons. The van der Waals surface area contributed by atoms with Gasteiger partial charge in [0, 0.05) is 61.1 Å². The number of carbonyl (C=O) groups is 1. The molecule has 0 N–H and O–H groups in total. The monoisotopic (exact) mass is 459 g/mol. The third kappa shape index (κ3) is 4.90. The first-order chi connectivity index (χ1) is 16.4. The van der Waals surface area contributed by atoms with Crippen molar-refractivity contribution in [1.29, 1.82) is 0 Å². The molecule has 1 aliphatic rings. The van der Waals surface area contributed by atoms with Gasteiger partial charge in [0.15, 0.2) is 0 Å². The van der Waals surface area contributed by atoms with Crippen molar-refractivity contribution in [2.45, 2.75) is 33.6 Å². The molecule has 1 aliphatic heterocycles. The molecule has 0 spiro atoms. The van der Waals surface area contributed by atoms with Crippen molar-refractivity contribution in [1.82, 2.24) is 14.9 Å². The first-order valence-electron chi connectivity index (χ1n) is 11.6. The Morgan fingerprint density at radius 3 is 2.38 bits per heavy atom. The number of aromatic nitrogens is 2. The molecule has 1 saturated heterocycles. The van der Waals surface area contributed by atoms with Crippen LogP contribution in [0.5, 0.6) is 0 Å². The zero-order valence-electron chi connectivity index (χ0n) is 19.8. The number of benzene rings is 2. The Labute approximate surface area is 199 Å². The van der Waals surface area contributed by atoms with Gasteiger partial charge in [0.25, 0.3) is 11.6 Å². The summed E-state index contributed by atoms with van der Waals surface area (Å²) < 4.78 is 0. The van der Waals surface area contributed by atoms with E-state index in [1.54, 1.807) is 24.0 Å². The average molecular weight is 460 g/mol. The number of hydrogen-bond acceptors (Lipinski definition) is 6. The summed E-state index contributed by atoms with van der Waals surface area (Å²) in [5, 5.41) is 11.3. The minimum Gasteiger partial charge on any atom is -0.353 e. The highest BCUT2D eigenvalue weighted by molar-refractivity contribution is 5.95. The molecule has 2 aromatic carbocycles. The number of amides is 1. The minimum absolute atomic E-state index is 0.0291. The van der Waals surface area contributed by atoms with Crippen LogP contribution in [0.2, 0.25) is 0 Å². The van der Waals surface area contributed by atoms with Crippen molar-refractivity contribution in [3.05, 3.63) is 92.4 Å². The molecule has 34 heavy (non-hydrogen) atoms. The summed E-state index contributed by atoms with van der Waals surface area (Å²) in [6.45, 7) is 8.02. The van der Waals surface area contributed by atoms with Gasteiger partial charge in [-0.1, -0.05) is 43.3 Å². The summed E-state index contributed by atoms with van der Waals surface area (Å²) >= 11 is 0. The van der Waals surface area contributed by atoms with Crippen LogP contribution in [0.4, 0.5) is 11.5 Å². The summed E-state index contributed by atoms with van der Waals surface area (Å²) in [6, 6.07) is 15.0. The van der Waals surface area contributed by atoms with Crippen LogP contribution in [-0.2, 0) is 12.8 Å². The SMILES string of the molecule is CCc1nc(C)nc(N2CCN(C(=O)c3ccc(C)c([N+](=O)[O-])c3)CC2)c1Cc1ccccc1. The third-order valence-electron chi connectivity index (χ3n) is 6.26. The fourth-order valence-corrected chi connectivity index (χ4v) is 4.42. The summed E-state index contributed by atoms with van der Waals surface area (Å²) in [7, 11) is 0. The van der Waals surface area contributed by atoms with Gasteiger partial charge in [-0.2, -0.15) is 0 Å². The maximum atomic E-state index is 13.1. The molecular formula is C26H29N5O3. The van der Waals surface area contributed by atoms with Gasteiger partial charge in [-0.3, -0.25) is 14.9 Å². The molecule has 0 atom stereocenters. The van der Waals surface area contributed by atoms with Crippen LogP contribution in [0.25, 0.3) is 0 Å². The number of nitro groups is 1. The topological polar surface area (TPSA) is 92.5 Å². The highest BCUT2D eigenvalue weighted by atomic mass is 16.6. The Balaban J connectivity index is 1.54. The number of nitrogens with zero attached hydrogens (tertiary/aromatic N) is 5. The molecule has 0 aliphatic carbocycles. The number of rotatable bonds is 6. The van der Waals surface area contributed by atoms with Crippen molar-refractivity contribution >= 4 is 17.4 Å². The number of aryl methyl sites for hydroxylation is 3. The molecule has 0 saturated carbocycles. The third-order valence-corrected chi connectivity index (χ3v) is 6.26. The van der Waals surface area contributed by atoms with E-state index in [1.807, 2.05) is 25.1 Å². The summed E-state index contributed by atoms with van der Waals surface area (Å²) in [5.41, 5.74) is 4.26. The first kappa shape index (κ1) is 23.4. The highest BCUT2D eigenvalue weighted by Crippen LogP contribution is 2.27. The van der Waals surface area contributed by atoms with Gasteiger partial charge >= 0.3 is 0 Å². The first-order valence-corrected chi connectivity index (χ1v) is 11.6. The van der Waals surface area contributed by atoms with Gasteiger partial charge in [-0.25, -0.2) is 9.97 Å². The smallest absolute Gasteiger partial charge is 0.273 e. The quantitative estimate of drug-likeness (QED) is 0.407. The number of nitro benzene ring substituents is 1. The predicted octanol–water partition coefficient (Wildman–Crippen LogP) is 4.12. The second-order valence-electron chi connectivity index (χ2n) is 8.57. The molecule has 1 fully saturated rings. The molecule has 1 amide bonds. The number of hydrogen-bond donors (Lipinski definition) is 0. The van der Waals surface area contributed by atoms with Crippen molar-refractivity contribution < 1.29 is 9.72 Å². The van der Waals surface area contributed by atoms with Crippen LogP contribution in [0, 0.1) is 24.0 Å². The lowest BCUT2D eigenvalue weighted by molar-refractivity contribution is -0.385. The van der Waals surface area contributed by atoms with E-state index in [-0.39, 0.29) is 11.6 Å². The molecule has 2 heterocycles. The minimum atomic E-state index is -0.443.